The van der Waals surface area contributed by atoms with Gasteiger partial charge in [0.05, 0.1) is 11.6 Å². The van der Waals surface area contributed by atoms with Crippen LogP contribution in [-0.2, 0) is 12.5 Å². The number of aromatic nitrogens is 2. The highest BCUT2D eigenvalue weighted by atomic mass is 35.5. The van der Waals surface area contributed by atoms with Crippen molar-refractivity contribution in [2.75, 3.05) is 0 Å². The lowest BCUT2D eigenvalue weighted by atomic mass is 10.2. The Balaban J connectivity index is 1.78. The summed E-state index contributed by atoms with van der Waals surface area (Å²) in [6, 6.07) is 13.7. The number of pyridine rings is 1. The number of fused-ring (bicyclic) bond motifs is 1. The summed E-state index contributed by atoms with van der Waals surface area (Å²) >= 11 is 5.88. The van der Waals surface area contributed by atoms with Crippen molar-refractivity contribution in [2.45, 2.75) is 12.5 Å². The topological polar surface area (TPSA) is 26.5 Å². The minimum atomic E-state index is 0.440. The molecule has 0 saturated carbocycles. The van der Waals surface area contributed by atoms with Crippen molar-refractivity contribution in [2.24, 2.45) is 0 Å². The first-order valence-electron chi connectivity index (χ1n) is 6.06. The van der Waals surface area contributed by atoms with Gasteiger partial charge in [0.1, 0.15) is 18.0 Å². The van der Waals surface area contributed by atoms with Gasteiger partial charge in [-0.1, -0.05) is 24.3 Å². The summed E-state index contributed by atoms with van der Waals surface area (Å²) in [5.41, 5.74) is 2.82. The normalized spacial score (nSPS) is 10.8. The molecule has 0 N–H and O–H groups in total. The monoisotopic (exact) mass is 272 g/mol. The van der Waals surface area contributed by atoms with Gasteiger partial charge in [0.2, 0.25) is 0 Å². The zero-order chi connectivity index (χ0) is 13.1. The van der Waals surface area contributed by atoms with Gasteiger partial charge in [0.25, 0.3) is 0 Å². The maximum Gasteiger partial charge on any atom is 0.137 e. The maximum atomic E-state index is 5.88. The fraction of sp³-hybridized carbons (Fsp3) is 0.133. The fourth-order valence-corrected chi connectivity index (χ4v) is 2.18. The predicted octanol–water partition coefficient (Wildman–Crippen LogP) is 3.65. The van der Waals surface area contributed by atoms with Crippen LogP contribution in [0.4, 0.5) is 0 Å². The number of alkyl halides is 1. The van der Waals surface area contributed by atoms with Crippen LogP contribution in [0.5, 0.6) is 5.75 Å². The van der Waals surface area contributed by atoms with E-state index < -0.39 is 0 Å². The molecule has 0 spiro atoms. The molecule has 0 bridgehead atoms. The Labute approximate surface area is 116 Å². The minimum absolute atomic E-state index is 0.440. The second-order valence-electron chi connectivity index (χ2n) is 4.23. The molecule has 3 rings (SSSR count). The number of benzene rings is 1. The van der Waals surface area contributed by atoms with Gasteiger partial charge in [0, 0.05) is 18.0 Å². The number of ether oxygens (including phenoxy) is 1. The van der Waals surface area contributed by atoms with E-state index in [0.29, 0.717) is 12.5 Å². The average Bonchev–Trinajstić information content (AvgIpc) is 2.88. The lowest BCUT2D eigenvalue weighted by Gasteiger charge is -2.07. The molecule has 0 aliphatic heterocycles. The van der Waals surface area contributed by atoms with Crippen LogP contribution in [0.1, 0.15) is 11.3 Å². The van der Waals surface area contributed by atoms with E-state index >= 15 is 0 Å². The van der Waals surface area contributed by atoms with Gasteiger partial charge in [-0.05, 0) is 18.2 Å². The number of para-hydroxylation sites is 1. The number of hydrogen-bond acceptors (Lipinski definition) is 2. The number of imidazole rings is 1. The largest absolute Gasteiger partial charge is 0.487 e. The van der Waals surface area contributed by atoms with Crippen LogP contribution in [-0.4, -0.2) is 9.38 Å². The first kappa shape index (κ1) is 12.1. The van der Waals surface area contributed by atoms with E-state index in [0.717, 1.165) is 22.7 Å². The van der Waals surface area contributed by atoms with E-state index in [4.69, 9.17) is 16.3 Å². The van der Waals surface area contributed by atoms with Crippen LogP contribution in [0.15, 0.2) is 54.9 Å². The van der Waals surface area contributed by atoms with Gasteiger partial charge in [-0.15, -0.1) is 11.6 Å². The van der Waals surface area contributed by atoms with Crippen LogP contribution < -0.4 is 4.74 Å². The number of nitrogens with zero attached hydrogens (tertiary/aromatic N) is 2. The Kier molecular flexibility index (Phi) is 3.38. The molecule has 96 valence electrons. The quantitative estimate of drug-likeness (QED) is 0.678. The summed E-state index contributed by atoms with van der Waals surface area (Å²) in [5.74, 6) is 1.26. The molecule has 0 saturated heterocycles. The third-order valence-corrected chi connectivity index (χ3v) is 3.19. The van der Waals surface area contributed by atoms with Crippen molar-refractivity contribution in [3.63, 3.8) is 0 Å². The second-order valence-corrected chi connectivity index (χ2v) is 4.50. The third-order valence-electron chi connectivity index (χ3n) is 2.91. The zero-order valence-corrected chi connectivity index (χ0v) is 11.0. The summed E-state index contributed by atoms with van der Waals surface area (Å²) in [6.45, 7) is 0.440. The summed E-state index contributed by atoms with van der Waals surface area (Å²) in [7, 11) is 0. The molecule has 2 heterocycles. The highest BCUT2D eigenvalue weighted by molar-refractivity contribution is 6.17. The molecule has 3 nitrogen and oxygen atoms in total. The van der Waals surface area contributed by atoms with E-state index in [1.165, 1.54) is 0 Å². The Morgan fingerprint density at radius 1 is 1.11 bits per heavy atom. The van der Waals surface area contributed by atoms with Crippen molar-refractivity contribution in [1.29, 1.82) is 0 Å². The minimum Gasteiger partial charge on any atom is -0.487 e. The Morgan fingerprint density at radius 2 is 1.95 bits per heavy atom. The smallest absolute Gasteiger partial charge is 0.137 e. The molecule has 0 aliphatic carbocycles. The number of halogens is 1. The molecular formula is C15H13ClN2O. The van der Waals surface area contributed by atoms with Crippen LogP contribution in [0.2, 0.25) is 0 Å². The number of hydrogen-bond donors (Lipinski definition) is 0. The highest BCUT2D eigenvalue weighted by Gasteiger charge is 2.04. The van der Waals surface area contributed by atoms with Crippen molar-refractivity contribution in [3.8, 4) is 5.75 Å². The van der Waals surface area contributed by atoms with Crippen molar-refractivity contribution < 1.29 is 4.74 Å². The fourth-order valence-electron chi connectivity index (χ4n) is 1.96. The van der Waals surface area contributed by atoms with Gasteiger partial charge < -0.3 is 9.14 Å². The molecule has 4 heteroatoms. The molecule has 3 aromatic rings. The van der Waals surface area contributed by atoms with Crippen LogP contribution >= 0.6 is 11.6 Å². The van der Waals surface area contributed by atoms with E-state index in [1.807, 2.05) is 59.3 Å². The predicted molar refractivity (Wildman–Crippen MR) is 75.5 cm³/mol. The standard InChI is InChI=1S/C15H13ClN2O/c16-9-12-5-1-2-6-14(12)19-11-13-10-18-8-4-3-7-15(18)17-13/h1-8,10H,9,11H2. The van der Waals surface area contributed by atoms with Gasteiger partial charge >= 0.3 is 0 Å². The summed E-state index contributed by atoms with van der Waals surface area (Å²) < 4.78 is 7.76. The SMILES string of the molecule is ClCc1ccccc1OCc1cn2ccccc2n1. The Bertz CT molecular complexity index is 660. The Hall–Kier alpha value is -2.00. The zero-order valence-electron chi connectivity index (χ0n) is 10.3. The first-order valence-corrected chi connectivity index (χ1v) is 6.59. The van der Waals surface area contributed by atoms with Crippen LogP contribution in [0.3, 0.4) is 0 Å². The van der Waals surface area contributed by atoms with E-state index in [1.54, 1.807) is 0 Å². The first-order chi connectivity index (χ1) is 9.36. The molecule has 0 unspecified atom stereocenters. The van der Waals surface area contributed by atoms with Crippen LogP contribution in [0, 0.1) is 0 Å². The second kappa shape index (κ2) is 5.33. The molecule has 19 heavy (non-hydrogen) atoms. The van der Waals surface area contributed by atoms with Crippen LogP contribution in [0.25, 0.3) is 5.65 Å². The third kappa shape index (κ3) is 2.56. The molecule has 0 atom stereocenters. The molecule has 1 aromatic carbocycles. The highest BCUT2D eigenvalue weighted by Crippen LogP contribution is 2.20. The lowest BCUT2D eigenvalue weighted by molar-refractivity contribution is 0.299. The summed E-state index contributed by atoms with van der Waals surface area (Å²) in [6.07, 6.45) is 3.94. The Morgan fingerprint density at radius 3 is 2.79 bits per heavy atom. The molecular weight excluding hydrogens is 260 g/mol. The summed E-state index contributed by atoms with van der Waals surface area (Å²) in [4.78, 5) is 4.49. The average molecular weight is 273 g/mol. The van der Waals surface area contributed by atoms with Gasteiger partial charge in [-0.3, -0.25) is 0 Å². The molecule has 0 fully saturated rings. The molecule has 0 amide bonds. The number of rotatable bonds is 4. The molecule has 0 radical (unpaired) electrons. The van der Waals surface area contributed by atoms with Gasteiger partial charge in [-0.2, -0.15) is 0 Å². The van der Waals surface area contributed by atoms with E-state index in [-0.39, 0.29) is 0 Å². The molecule has 0 aliphatic rings. The van der Waals surface area contributed by atoms with Crippen molar-refractivity contribution in [1.82, 2.24) is 9.38 Å². The maximum absolute atomic E-state index is 5.88. The van der Waals surface area contributed by atoms with Crippen molar-refractivity contribution in [3.05, 3.63) is 66.1 Å². The molecule has 2 aromatic heterocycles. The van der Waals surface area contributed by atoms with Gasteiger partial charge in [-0.25, -0.2) is 4.98 Å². The van der Waals surface area contributed by atoms with E-state index in [9.17, 15) is 0 Å². The lowest BCUT2D eigenvalue weighted by Crippen LogP contribution is -1.97. The van der Waals surface area contributed by atoms with Crippen molar-refractivity contribution >= 4 is 17.2 Å². The summed E-state index contributed by atoms with van der Waals surface area (Å²) in [5, 5.41) is 0. The van der Waals surface area contributed by atoms with Gasteiger partial charge in [0.15, 0.2) is 0 Å². The van der Waals surface area contributed by atoms with E-state index in [2.05, 4.69) is 4.98 Å².